The van der Waals surface area contributed by atoms with E-state index in [0.29, 0.717) is 11.6 Å². The Bertz CT molecular complexity index is 446. The van der Waals surface area contributed by atoms with Gasteiger partial charge in [-0.05, 0) is 43.5 Å². The van der Waals surface area contributed by atoms with Gasteiger partial charge in [-0.15, -0.1) is 0 Å². The number of hydrogen-bond donors (Lipinski definition) is 2. The second-order valence-electron chi connectivity index (χ2n) is 5.41. The molecule has 1 aromatic rings. The molecule has 0 saturated carbocycles. The third kappa shape index (κ3) is 3.81. The van der Waals surface area contributed by atoms with E-state index in [1.165, 1.54) is 12.8 Å². The van der Waals surface area contributed by atoms with E-state index >= 15 is 0 Å². The summed E-state index contributed by atoms with van der Waals surface area (Å²) in [6, 6.07) is 8.27. The number of amides is 1. The van der Waals surface area contributed by atoms with Gasteiger partial charge in [-0.25, -0.2) is 0 Å². The van der Waals surface area contributed by atoms with Crippen LogP contribution < -0.4 is 5.32 Å². The minimum atomic E-state index is -0.0441. The number of rotatable bonds is 5. The van der Waals surface area contributed by atoms with Crippen LogP contribution in [0, 0.1) is 0 Å². The molecule has 2 rings (SSSR count). The molecule has 1 saturated heterocycles. The number of carbonyl (C=O) groups excluding carboxylic acids is 1. The molecule has 1 amide bonds. The zero-order valence-corrected chi connectivity index (χ0v) is 12.1. The molecular weight excluding hydrogens is 252 g/mol. The van der Waals surface area contributed by atoms with Crippen molar-refractivity contribution in [2.75, 3.05) is 20.2 Å². The number of nitrogens with one attached hydrogen (secondary N) is 1. The van der Waals surface area contributed by atoms with E-state index in [1.807, 2.05) is 18.2 Å². The number of carbonyl (C=O) groups is 1. The molecule has 0 bridgehead atoms. The highest BCUT2D eigenvalue weighted by atomic mass is 16.3. The number of aliphatic hydroxyl groups is 1. The molecular formula is C16H24N2O2. The average molecular weight is 276 g/mol. The molecule has 0 aromatic heterocycles. The van der Waals surface area contributed by atoms with Gasteiger partial charge < -0.3 is 10.4 Å². The monoisotopic (exact) mass is 276 g/mol. The molecule has 0 spiro atoms. The maximum atomic E-state index is 11.7. The van der Waals surface area contributed by atoms with E-state index in [4.69, 9.17) is 0 Å². The maximum absolute atomic E-state index is 11.7. The van der Waals surface area contributed by atoms with Crippen molar-refractivity contribution in [1.29, 1.82) is 0 Å². The van der Waals surface area contributed by atoms with Gasteiger partial charge in [-0.2, -0.15) is 0 Å². The number of hydrogen-bond acceptors (Lipinski definition) is 3. The zero-order chi connectivity index (χ0) is 14.4. The van der Waals surface area contributed by atoms with E-state index in [-0.39, 0.29) is 12.5 Å². The van der Waals surface area contributed by atoms with Crippen molar-refractivity contribution in [1.82, 2.24) is 10.2 Å². The van der Waals surface area contributed by atoms with Crippen LogP contribution in [0.4, 0.5) is 0 Å². The Balaban J connectivity index is 2.06. The van der Waals surface area contributed by atoms with Crippen LogP contribution in [0.3, 0.4) is 0 Å². The fourth-order valence-corrected chi connectivity index (χ4v) is 2.93. The fourth-order valence-electron chi connectivity index (χ4n) is 2.93. The largest absolute Gasteiger partial charge is 0.396 e. The van der Waals surface area contributed by atoms with E-state index < -0.39 is 0 Å². The molecule has 1 aliphatic rings. The van der Waals surface area contributed by atoms with Crippen LogP contribution in [0.1, 0.15) is 41.6 Å². The van der Waals surface area contributed by atoms with Crippen molar-refractivity contribution >= 4 is 5.91 Å². The lowest BCUT2D eigenvalue weighted by atomic mass is 9.98. The van der Waals surface area contributed by atoms with Crippen LogP contribution in [0.5, 0.6) is 0 Å². The highest BCUT2D eigenvalue weighted by molar-refractivity contribution is 5.94. The molecule has 1 aliphatic heterocycles. The normalized spacial score (nSPS) is 19.8. The molecule has 1 unspecified atom stereocenters. The molecule has 1 atom stereocenters. The van der Waals surface area contributed by atoms with Crippen LogP contribution >= 0.6 is 0 Å². The van der Waals surface area contributed by atoms with Crippen molar-refractivity contribution in [2.45, 2.75) is 38.3 Å². The lowest BCUT2D eigenvalue weighted by Gasteiger charge is -2.35. The highest BCUT2D eigenvalue weighted by Gasteiger charge is 2.21. The van der Waals surface area contributed by atoms with E-state index in [1.54, 1.807) is 7.05 Å². The van der Waals surface area contributed by atoms with Gasteiger partial charge >= 0.3 is 0 Å². The van der Waals surface area contributed by atoms with Gasteiger partial charge in [0.2, 0.25) is 0 Å². The van der Waals surface area contributed by atoms with Crippen LogP contribution in [-0.4, -0.2) is 42.2 Å². The summed E-state index contributed by atoms with van der Waals surface area (Å²) >= 11 is 0. The Labute approximate surface area is 120 Å². The topological polar surface area (TPSA) is 52.6 Å². The summed E-state index contributed by atoms with van der Waals surface area (Å²) in [7, 11) is 1.65. The Kier molecular flexibility index (Phi) is 5.56. The Morgan fingerprint density at radius 3 is 3.05 bits per heavy atom. The third-order valence-electron chi connectivity index (χ3n) is 4.01. The van der Waals surface area contributed by atoms with Gasteiger partial charge in [-0.3, -0.25) is 9.69 Å². The highest BCUT2D eigenvalue weighted by Crippen LogP contribution is 2.22. The van der Waals surface area contributed by atoms with Crippen LogP contribution in [0.15, 0.2) is 24.3 Å². The summed E-state index contributed by atoms with van der Waals surface area (Å²) in [6.07, 6.45) is 4.47. The van der Waals surface area contributed by atoms with E-state index in [9.17, 15) is 9.90 Å². The van der Waals surface area contributed by atoms with Gasteiger partial charge in [0.1, 0.15) is 0 Å². The number of piperidine rings is 1. The molecule has 1 heterocycles. The lowest BCUT2D eigenvalue weighted by Crippen LogP contribution is -2.39. The van der Waals surface area contributed by atoms with Crippen molar-refractivity contribution in [2.24, 2.45) is 0 Å². The summed E-state index contributed by atoms with van der Waals surface area (Å²) in [6.45, 7) is 2.18. The van der Waals surface area contributed by atoms with Crippen molar-refractivity contribution in [3.8, 4) is 0 Å². The maximum Gasteiger partial charge on any atom is 0.251 e. The van der Waals surface area contributed by atoms with Gasteiger partial charge in [0.05, 0.1) is 0 Å². The fraction of sp³-hybridized carbons (Fsp3) is 0.562. The van der Waals surface area contributed by atoms with Crippen molar-refractivity contribution in [3.63, 3.8) is 0 Å². The first-order valence-corrected chi connectivity index (χ1v) is 7.40. The number of nitrogens with zero attached hydrogens (tertiary/aromatic N) is 1. The summed E-state index contributed by atoms with van der Waals surface area (Å²) in [5.74, 6) is -0.0441. The Morgan fingerprint density at radius 2 is 2.30 bits per heavy atom. The number of benzene rings is 1. The SMILES string of the molecule is CNC(=O)c1cccc(CN2CCCCC2CCO)c1. The molecule has 1 fully saturated rings. The molecule has 4 heteroatoms. The van der Waals surface area contributed by atoms with Gasteiger partial charge in [0.25, 0.3) is 5.91 Å². The van der Waals surface area contributed by atoms with Gasteiger partial charge in [0.15, 0.2) is 0 Å². The molecule has 0 aliphatic carbocycles. The predicted octanol–water partition coefficient (Wildman–Crippen LogP) is 1.78. The summed E-state index contributed by atoms with van der Waals surface area (Å²) < 4.78 is 0. The van der Waals surface area contributed by atoms with Crippen LogP contribution in [0.25, 0.3) is 0 Å². The van der Waals surface area contributed by atoms with Gasteiger partial charge in [0, 0.05) is 31.8 Å². The molecule has 0 radical (unpaired) electrons. The summed E-state index contributed by atoms with van der Waals surface area (Å²) in [5.41, 5.74) is 1.87. The van der Waals surface area contributed by atoms with Crippen LogP contribution in [0.2, 0.25) is 0 Å². The molecule has 110 valence electrons. The van der Waals surface area contributed by atoms with Crippen LogP contribution in [-0.2, 0) is 6.54 Å². The van der Waals surface area contributed by atoms with E-state index in [2.05, 4.69) is 16.3 Å². The molecule has 20 heavy (non-hydrogen) atoms. The zero-order valence-electron chi connectivity index (χ0n) is 12.1. The minimum Gasteiger partial charge on any atom is -0.396 e. The number of aliphatic hydroxyl groups excluding tert-OH is 1. The quantitative estimate of drug-likeness (QED) is 0.862. The van der Waals surface area contributed by atoms with Crippen molar-refractivity contribution in [3.05, 3.63) is 35.4 Å². The first-order chi connectivity index (χ1) is 9.74. The summed E-state index contributed by atoms with van der Waals surface area (Å²) in [5, 5.41) is 11.8. The number of likely N-dealkylation sites (tertiary alicyclic amines) is 1. The lowest BCUT2D eigenvalue weighted by molar-refractivity contribution is 0.0962. The standard InChI is InChI=1S/C16H24N2O2/c1-17-16(20)14-6-4-5-13(11-14)12-18-9-3-2-7-15(18)8-10-19/h4-6,11,15,19H,2-3,7-10,12H2,1H3,(H,17,20). The summed E-state index contributed by atoms with van der Waals surface area (Å²) in [4.78, 5) is 14.1. The molecule has 4 nitrogen and oxygen atoms in total. The average Bonchev–Trinajstić information content (AvgIpc) is 2.49. The predicted molar refractivity (Wildman–Crippen MR) is 79.6 cm³/mol. The Morgan fingerprint density at radius 1 is 1.45 bits per heavy atom. The smallest absolute Gasteiger partial charge is 0.251 e. The second kappa shape index (κ2) is 7.41. The third-order valence-corrected chi connectivity index (χ3v) is 4.01. The Hall–Kier alpha value is -1.39. The first kappa shape index (κ1) is 15.0. The second-order valence-corrected chi connectivity index (χ2v) is 5.41. The first-order valence-electron chi connectivity index (χ1n) is 7.40. The van der Waals surface area contributed by atoms with E-state index in [0.717, 1.165) is 31.5 Å². The van der Waals surface area contributed by atoms with Crippen molar-refractivity contribution < 1.29 is 9.90 Å². The molecule has 1 aromatic carbocycles. The molecule has 2 N–H and O–H groups in total. The van der Waals surface area contributed by atoms with Gasteiger partial charge in [-0.1, -0.05) is 18.6 Å². The minimum absolute atomic E-state index is 0.0441.